The van der Waals surface area contributed by atoms with Crippen molar-refractivity contribution in [3.8, 4) is 0 Å². The molecule has 0 bridgehead atoms. The number of carbonyl (C=O) groups excluding carboxylic acids is 1. The fourth-order valence-corrected chi connectivity index (χ4v) is 1.23. The van der Waals surface area contributed by atoms with E-state index in [1.807, 2.05) is 0 Å². The zero-order chi connectivity index (χ0) is 11.4. The summed E-state index contributed by atoms with van der Waals surface area (Å²) in [7, 11) is 3.13. The van der Waals surface area contributed by atoms with Gasteiger partial charge in [-0.2, -0.15) is 4.39 Å². The molecule has 15 heavy (non-hydrogen) atoms. The predicted octanol–water partition coefficient (Wildman–Crippen LogP) is 1.38. The second-order valence-electron chi connectivity index (χ2n) is 2.90. The molecular weight excluding hydrogens is 197 g/mol. The minimum Gasteiger partial charge on any atom is -0.387 e. The van der Waals surface area contributed by atoms with Gasteiger partial charge in [-0.15, -0.1) is 0 Å². The Morgan fingerprint density at radius 2 is 2.07 bits per heavy atom. The van der Waals surface area contributed by atoms with Gasteiger partial charge in [0.15, 0.2) is 0 Å². The van der Waals surface area contributed by atoms with Gasteiger partial charge in [-0.3, -0.25) is 10.2 Å². The first-order chi connectivity index (χ1) is 7.10. The molecule has 4 nitrogen and oxygen atoms in total. The van der Waals surface area contributed by atoms with Crippen LogP contribution in [0.1, 0.15) is 15.9 Å². The molecule has 0 fully saturated rings. The van der Waals surface area contributed by atoms with Crippen molar-refractivity contribution in [2.24, 2.45) is 0 Å². The van der Waals surface area contributed by atoms with Crippen LogP contribution in [0.2, 0.25) is 0 Å². The van der Waals surface area contributed by atoms with Crippen LogP contribution in [0, 0.1) is 5.41 Å². The van der Waals surface area contributed by atoms with E-state index < -0.39 is 5.97 Å². The van der Waals surface area contributed by atoms with Crippen LogP contribution in [-0.4, -0.2) is 26.0 Å². The lowest BCUT2D eigenvalue weighted by molar-refractivity contribution is 0.0963. The maximum atomic E-state index is 12.7. The van der Waals surface area contributed by atoms with Crippen LogP contribution in [0.15, 0.2) is 18.2 Å². The molecule has 0 aliphatic rings. The van der Waals surface area contributed by atoms with Gasteiger partial charge in [-0.25, -0.2) is 0 Å². The van der Waals surface area contributed by atoms with E-state index in [1.165, 1.54) is 25.2 Å². The fraction of sp³-hybridized carbons (Fsp3) is 0.200. The number of halogens is 1. The van der Waals surface area contributed by atoms with Crippen LogP contribution >= 0.6 is 0 Å². The molecule has 0 radical (unpaired) electrons. The topological polar surface area (TPSA) is 65.0 Å². The Kier molecular flexibility index (Phi) is 3.38. The molecule has 0 saturated carbocycles. The monoisotopic (exact) mass is 209 g/mol. The number of anilines is 1. The third kappa shape index (κ3) is 2.31. The Balaban J connectivity index is 3.19. The van der Waals surface area contributed by atoms with Gasteiger partial charge >= 0.3 is 0 Å². The van der Waals surface area contributed by atoms with Crippen molar-refractivity contribution in [2.75, 3.05) is 19.4 Å². The Hall–Kier alpha value is -1.91. The van der Waals surface area contributed by atoms with E-state index in [0.29, 0.717) is 11.3 Å². The summed E-state index contributed by atoms with van der Waals surface area (Å²) in [5.74, 6) is -1.27. The normalized spacial score (nSPS) is 9.53. The number of benzene rings is 1. The van der Waals surface area contributed by atoms with Crippen molar-refractivity contribution < 1.29 is 9.18 Å². The van der Waals surface area contributed by atoms with Crippen LogP contribution in [0.4, 0.5) is 10.1 Å². The average Bonchev–Trinajstić information content (AvgIpc) is 2.26. The SMILES string of the molecule is CNC(=O)c1ccc(C(=N)F)c(NC)c1. The quantitative estimate of drug-likeness (QED) is 0.658. The highest BCUT2D eigenvalue weighted by molar-refractivity contribution is 6.00. The average molecular weight is 209 g/mol. The molecule has 0 saturated heterocycles. The van der Waals surface area contributed by atoms with Crippen molar-refractivity contribution in [1.82, 2.24) is 5.32 Å². The van der Waals surface area contributed by atoms with Gasteiger partial charge in [0, 0.05) is 25.3 Å². The first kappa shape index (κ1) is 11.2. The highest BCUT2D eigenvalue weighted by Gasteiger charge is 2.10. The van der Waals surface area contributed by atoms with Crippen LogP contribution < -0.4 is 10.6 Å². The standard InChI is InChI=1S/C10H12FN3O/c1-13-8-5-6(10(15)14-2)3-4-7(8)9(11)12/h3-5,12-13H,1-2H3,(H,14,15). The molecule has 80 valence electrons. The van der Waals surface area contributed by atoms with E-state index in [1.54, 1.807) is 7.05 Å². The molecule has 1 aromatic carbocycles. The number of carbonyl (C=O) groups is 1. The Morgan fingerprint density at radius 1 is 1.40 bits per heavy atom. The molecule has 0 aliphatic carbocycles. The zero-order valence-corrected chi connectivity index (χ0v) is 8.52. The van der Waals surface area contributed by atoms with Crippen LogP contribution in [-0.2, 0) is 0 Å². The van der Waals surface area contributed by atoms with Gasteiger partial charge in [-0.05, 0) is 18.2 Å². The summed E-state index contributed by atoms with van der Waals surface area (Å²) >= 11 is 0. The lowest BCUT2D eigenvalue weighted by Crippen LogP contribution is -2.18. The Morgan fingerprint density at radius 3 is 2.53 bits per heavy atom. The van der Waals surface area contributed by atoms with Crippen LogP contribution in [0.3, 0.4) is 0 Å². The van der Waals surface area contributed by atoms with E-state index in [9.17, 15) is 9.18 Å². The molecule has 3 N–H and O–H groups in total. The summed E-state index contributed by atoms with van der Waals surface area (Å²) in [5, 5.41) is 12.1. The van der Waals surface area contributed by atoms with E-state index in [4.69, 9.17) is 5.41 Å². The van der Waals surface area contributed by atoms with Gasteiger partial charge in [0.25, 0.3) is 5.91 Å². The van der Waals surface area contributed by atoms with Gasteiger partial charge in [0.1, 0.15) is 0 Å². The predicted molar refractivity (Wildman–Crippen MR) is 57.3 cm³/mol. The third-order valence-electron chi connectivity index (χ3n) is 2.01. The van der Waals surface area contributed by atoms with Crippen LogP contribution in [0.25, 0.3) is 0 Å². The molecule has 1 aromatic rings. The first-order valence-corrected chi connectivity index (χ1v) is 4.38. The second-order valence-corrected chi connectivity index (χ2v) is 2.90. The summed E-state index contributed by atoms with van der Waals surface area (Å²) < 4.78 is 12.7. The van der Waals surface area contributed by atoms with Crippen molar-refractivity contribution in [1.29, 1.82) is 5.41 Å². The molecule has 0 aliphatic heterocycles. The summed E-state index contributed by atoms with van der Waals surface area (Å²) in [5.41, 5.74) is 0.987. The van der Waals surface area contributed by atoms with Crippen molar-refractivity contribution in [3.05, 3.63) is 29.3 Å². The van der Waals surface area contributed by atoms with Gasteiger partial charge < -0.3 is 10.6 Å². The van der Waals surface area contributed by atoms with E-state index in [-0.39, 0.29) is 11.5 Å². The maximum absolute atomic E-state index is 12.7. The molecule has 0 spiro atoms. The molecule has 1 rings (SSSR count). The molecule has 0 heterocycles. The third-order valence-corrected chi connectivity index (χ3v) is 2.01. The Labute approximate surface area is 87.0 Å². The van der Waals surface area contributed by atoms with Crippen molar-refractivity contribution in [2.45, 2.75) is 0 Å². The zero-order valence-electron chi connectivity index (χ0n) is 8.52. The van der Waals surface area contributed by atoms with Gasteiger partial charge in [0.2, 0.25) is 5.97 Å². The molecule has 0 unspecified atom stereocenters. The van der Waals surface area contributed by atoms with Crippen LogP contribution in [0.5, 0.6) is 0 Å². The largest absolute Gasteiger partial charge is 0.387 e. The van der Waals surface area contributed by atoms with Crippen molar-refractivity contribution >= 4 is 17.6 Å². The van der Waals surface area contributed by atoms with Gasteiger partial charge in [0.05, 0.1) is 5.56 Å². The number of nitrogens with one attached hydrogen (secondary N) is 3. The van der Waals surface area contributed by atoms with E-state index >= 15 is 0 Å². The lowest BCUT2D eigenvalue weighted by atomic mass is 10.1. The minimum absolute atomic E-state index is 0.144. The van der Waals surface area contributed by atoms with E-state index in [0.717, 1.165) is 0 Å². The molecular formula is C10H12FN3O. The van der Waals surface area contributed by atoms with E-state index in [2.05, 4.69) is 10.6 Å². The molecule has 0 aromatic heterocycles. The lowest BCUT2D eigenvalue weighted by Gasteiger charge is -2.08. The fourth-order valence-electron chi connectivity index (χ4n) is 1.23. The summed E-state index contributed by atoms with van der Waals surface area (Å²) in [6, 6.07) is 4.38. The molecule has 0 atom stereocenters. The highest BCUT2D eigenvalue weighted by Crippen LogP contribution is 2.18. The smallest absolute Gasteiger partial charge is 0.251 e. The first-order valence-electron chi connectivity index (χ1n) is 4.38. The van der Waals surface area contributed by atoms with Gasteiger partial charge in [-0.1, -0.05) is 0 Å². The Bertz CT molecular complexity index is 404. The summed E-state index contributed by atoms with van der Waals surface area (Å²) in [4.78, 5) is 11.3. The number of hydrogen-bond acceptors (Lipinski definition) is 3. The second kappa shape index (κ2) is 4.54. The summed E-state index contributed by atoms with van der Waals surface area (Å²) in [6.07, 6.45) is 0. The summed E-state index contributed by atoms with van der Waals surface area (Å²) in [6.45, 7) is 0. The number of rotatable bonds is 3. The maximum Gasteiger partial charge on any atom is 0.251 e. The molecule has 1 amide bonds. The molecule has 5 heteroatoms. The minimum atomic E-state index is -1.03. The van der Waals surface area contributed by atoms with Crippen molar-refractivity contribution in [3.63, 3.8) is 0 Å². The number of hydrogen-bond donors (Lipinski definition) is 3. The number of amides is 1. The highest BCUT2D eigenvalue weighted by atomic mass is 19.1.